The highest BCUT2D eigenvalue weighted by Crippen LogP contribution is 2.39. The molecule has 5 rings (SSSR count). The number of rotatable bonds is 4. The third-order valence-electron chi connectivity index (χ3n) is 6.62. The molecule has 0 bridgehead atoms. The minimum atomic E-state index is -0.533. The zero-order valence-electron chi connectivity index (χ0n) is 18.2. The number of fused-ring (bicyclic) bond motifs is 1. The first-order valence-corrected chi connectivity index (χ1v) is 11.0. The molecule has 1 fully saturated rings. The molecule has 0 aliphatic carbocycles. The summed E-state index contributed by atoms with van der Waals surface area (Å²) in [4.78, 5) is 28.0. The first kappa shape index (κ1) is 19.9. The molecule has 1 saturated heterocycles. The molecule has 1 atom stereocenters. The predicted molar refractivity (Wildman–Crippen MR) is 120 cm³/mol. The van der Waals surface area contributed by atoms with Crippen molar-refractivity contribution in [1.29, 1.82) is 0 Å². The van der Waals surface area contributed by atoms with E-state index in [1.54, 1.807) is 4.57 Å². The summed E-state index contributed by atoms with van der Waals surface area (Å²) in [6.45, 7) is 8.05. The summed E-state index contributed by atoms with van der Waals surface area (Å²) in [6, 6.07) is 16.4. The Hall–Kier alpha value is -2.99. The zero-order chi connectivity index (χ0) is 21.6. The van der Waals surface area contributed by atoms with Gasteiger partial charge in [0.1, 0.15) is 5.82 Å². The Morgan fingerprint density at radius 1 is 0.903 bits per heavy atom. The number of hydrogen-bond acceptors (Lipinski definition) is 4. The van der Waals surface area contributed by atoms with Crippen molar-refractivity contribution in [3.63, 3.8) is 0 Å². The molecule has 0 N–H and O–H groups in total. The summed E-state index contributed by atoms with van der Waals surface area (Å²) in [6.07, 6.45) is 1.77. The van der Waals surface area contributed by atoms with Gasteiger partial charge in [-0.05, 0) is 37.9 Å². The van der Waals surface area contributed by atoms with E-state index < -0.39 is 11.1 Å². The molecule has 6 nitrogen and oxygen atoms in total. The van der Waals surface area contributed by atoms with Gasteiger partial charge in [-0.25, -0.2) is 4.68 Å². The van der Waals surface area contributed by atoms with E-state index in [0.29, 0.717) is 13.1 Å². The van der Waals surface area contributed by atoms with E-state index in [9.17, 15) is 9.59 Å². The molecule has 3 aromatic rings. The fourth-order valence-corrected chi connectivity index (χ4v) is 5.32. The SMILES string of the molecule is Cc1cc(C)cc(CN2CC[C@]3(Cc4nn(Cc5ccccc5)c(=O)c(=O)n4C3)C2)c1. The minimum absolute atomic E-state index is 0.00357. The predicted octanol–water partition coefficient (Wildman–Crippen LogP) is 2.52. The van der Waals surface area contributed by atoms with E-state index in [0.717, 1.165) is 43.9 Å². The van der Waals surface area contributed by atoms with E-state index >= 15 is 0 Å². The molecule has 160 valence electrons. The van der Waals surface area contributed by atoms with Crippen LogP contribution in [0.2, 0.25) is 0 Å². The summed E-state index contributed by atoms with van der Waals surface area (Å²) in [5, 5.41) is 4.61. The number of hydrogen-bond donors (Lipinski definition) is 0. The van der Waals surface area contributed by atoms with Crippen LogP contribution in [-0.2, 0) is 26.1 Å². The van der Waals surface area contributed by atoms with E-state index in [-0.39, 0.29) is 5.41 Å². The van der Waals surface area contributed by atoms with Crippen LogP contribution in [0.1, 0.15) is 34.5 Å². The maximum atomic E-state index is 12.8. The highest BCUT2D eigenvalue weighted by Gasteiger charge is 2.44. The second-order valence-electron chi connectivity index (χ2n) is 9.39. The molecule has 6 heteroatoms. The fourth-order valence-electron chi connectivity index (χ4n) is 5.32. The molecule has 1 spiro atoms. The maximum Gasteiger partial charge on any atom is 0.332 e. The van der Waals surface area contributed by atoms with Gasteiger partial charge in [0, 0.05) is 31.5 Å². The van der Waals surface area contributed by atoms with Crippen LogP contribution in [0.15, 0.2) is 58.1 Å². The number of aryl methyl sites for hydroxylation is 2. The summed E-state index contributed by atoms with van der Waals surface area (Å²) >= 11 is 0. The van der Waals surface area contributed by atoms with Crippen molar-refractivity contribution in [1.82, 2.24) is 19.2 Å². The van der Waals surface area contributed by atoms with Crippen LogP contribution in [-0.4, -0.2) is 32.3 Å². The average Bonchev–Trinajstić information content (AvgIpc) is 3.28. The van der Waals surface area contributed by atoms with Crippen molar-refractivity contribution in [3.05, 3.63) is 97.3 Å². The molecule has 0 unspecified atom stereocenters. The summed E-state index contributed by atoms with van der Waals surface area (Å²) in [7, 11) is 0. The third-order valence-corrected chi connectivity index (χ3v) is 6.62. The lowest BCUT2D eigenvalue weighted by Gasteiger charge is -2.23. The van der Waals surface area contributed by atoms with Gasteiger partial charge in [0.05, 0.1) is 6.54 Å². The second-order valence-corrected chi connectivity index (χ2v) is 9.39. The summed E-state index contributed by atoms with van der Waals surface area (Å²) in [5.41, 5.74) is 3.91. The first-order chi connectivity index (χ1) is 14.9. The van der Waals surface area contributed by atoms with E-state index in [1.165, 1.54) is 21.4 Å². The summed E-state index contributed by atoms with van der Waals surface area (Å²) in [5.74, 6) is 0.744. The van der Waals surface area contributed by atoms with Gasteiger partial charge in [-0.15, -0.1) is 0 Å². The van der Waals surface area contributed by atoms with Crippen LogP contribution in [0, 0.1) is 19.3 Å². The van der Waals surface area contributed by atoms with Crippen LogP contribution >= 0.6 is 0 Å². The number of likely N-dealkylation sites (tertiary alicyclic amines) is 1. The molecule has 0 radical (unpaired) electrons. The van der Waals surface area contributed by atoms with Gasteiger partial charge < -0.3 is 0 Å². The van der Waals surface area contributed by atoms with E-state index in [4.69, 9.17) is 0 Å². The molecule has 31 heavy (non-hydrogen) atoms. The van der Waals surface area contributed by atoms with Crippen LogP contribution in [0.5, 0.6) is 0 Å². The quantitative estimate of drug-likeness (QED) is 0.614. The van der Waals surface area contributed by atoms with E-state index in [1.807, 2.05) is 30.3 Å². The fraction of sp³-hybridized carbons (Fsp3) is 0.400. The van der Waals surface area contributed by atoms with Crippen molar-refractivity contribution < 1.29 is 0 Å². The molecule has 1 aromatic heterocycles. The lowest BCUT2D eigenvalue weighted by Crippen LogP contribution is -2.43. The van der Waals surface area contributed by atoms with Gasteiger partial charge >= 0.3 is 11.1 Å². The smallest absolute Gasteiger partial charge is 0.298 e. The van der Waals surface area contributed by atoms with Gasteiger partial charge in [-0.2, -0.15) is 5.10 Å². The van der Waals surface area contributed by atoms with Gasteiger partial charge in [0.15, 0.2) is 0 Å². The standard InChI is InChI=1S/C25H28N4O2/c1-18-10-19(2)12-21(11-18)14-27-9-8-25(16-27)13-22-26-29(15-20-6-4-3-5-7-20)24(31)23(30)28(22)17-25/h3-7,10-12H,8-9,13-17H2,1-2H3/t25-/m0/s1. The number of benzene rings is 2. The summed E-state index contributed by atoms with van der Waals surface area (Å²) < 4.78 is 2.97. The molecule has 3 heterocycles. The van der Waals surface area contributed by atoms with Crippen molar-refractivity contribution in [2.24, 2.45) is 5.41 Å². The Morgan fingerprint density at radius 2 is 1.65 bits per heavy atom. The lowest BCUT2D eigenvalue weighted by atomic mass is 9.86. The third kappa shape index (κ3) is 3.88. The van der Waals surface area contributed by atoms with Crippen molar-refractivity contribution >= 4 is 0 Å². The Balaban J connectivity index is 1.36. The minimum Gasteiger partial charge on any atom is -0.298 e. The van der Waals surface area contributed by atoms with Crippen molar-refractivity contribution in [3.8, 4) is 0 Å². The van der Waals surface area contributed by atoms with Gasteiger partial charge in [-0.1, -0.05) is 59.7 Å². The monoisotopic (exact) mass is 416 g/mol. The normalized spacial score (nSPS) is 20.5. The molecule has 0 amide bonds. The van der Waals surface area contributed by atoms with Gasteiger partial charge in [0.25, 0.3) is 0 Å². The lowest BCUT2D eigenvalue weighted by molar-refractivity contribution is 0.246. The molecule has 0 saturated carbocycles. The molecule has 2 aromatic carbocycles. The molecule has 2 aliphatic heterocycles. The van der Waals surface area contributed by atoms with Crippen LogP contribution < -0.4 is 11.1 Å². The van der Waals surface area contributed by atoms with Crippen LogP contribution in [0.4, 0.5) is 0 Å². The number of aromatic nitrogens is 3. The van der Waals surface area contributed by atoms with Crippen LogP contribution in [0.25, 0.3) is 0 Å². The Morgan fingerprint density at radius 3 is 2.39 bits per heavy atom. The molecular formula is C25H28N4O2. The second kappa shape index (κ2) is 7.61. The average molecular weight is 417 g/mol. The van der Waals surface area contributed by atoms with E-state index in [2.05, 4.69) is 42.0 Å². The van der Waals surface area contributed by atoms with Crippen molar-refractivity contribution in [2.75, 3.05) is 13.1 Å². The molecule has 2 aliphatic rings. The highest BCUT2D eigenvalue weighted by atomic mass is 16.2. The zero-order valence-corrected chi connectivity index (χ0v) is 18.2. The Kier molecular flexibility index (Phi) is 4.89. The van der Waals surface area contributed by atoms with Crippen molar-refractivity contribution in [2.45, 2.75) is 46.3 Å². The number of nitrogens with zero attached hydrogens (tertiary/aromatic N) is 4. The largest absolute Gasteiger partial charge is 0.332 e. The highest BCUT2D eigenvalue weighted by molar-refractivity contribution is 5.28. The Bertz CT molecular complexity index is 1220. The Labute approximate surface area is 181 Å². The molecular weight excluding hydrogens is 388 g/mol. The maximum absolute atomic E-state index is 12.8. The topological polar surface area (TPSA) is 60.1 Å². The van der Waals surface area contributed by atoms with Crippen LogP contribution in [0.3, 0.4) is 0 Å². The van der Waals surface area contributed by atoms with Gasteiger partial charge in [0.2, 0.25) is 0 Å². The van der Waals surface area contributed by atoms with Gasteiger partial charge in [-0.3, -0.25) is 19.1 Å². The first-order valence-electron chi connectivity index (χ1n) is 11.0.